The molecule has 0 unspecified atom stereocenters. The highest BCUT2D eigenvalue weighted by Crippen LogP contribution is 2.32. The highest BCUT2D eigenvalue weighted by molar-refractivity contribution is 5.92. The Morgan fingerprint density at radius 3 is 2.57 bits per heavy atom. The van der Waals surface area contributed by atoms with Gasteiger partial charge >= 0.3 is 12.1 Å². The molecule has 1 N–H and O–H groups in total. The summed E-state index contributed by atoms with van der Waals surface area (Å²) in [5.74, 6) is -1.94. The van der Waals surface area contributed by atoms with Gasteiger partial charge in [0.1, 0.15) is 0 Å². The van der Waals surface area contributed by atoms with Gasteiger partial charge in [-0.25, -0.2) is 9.78 Å². The maximum absolute atomic E-state index is 13.1. The molecule has 1 aromatic carbocycles. The zero-order valence-corrected chi connectivity index (χ0v) is 11.6. The number of imidazole rings is 1. The van der Waals surface area contributed by atoms with E-state index in [2.05, 4.69) is 4.98 Å². The standard InChI is InChI=1S/C14H15F3N2O2/c1-8(2)5-6-19-11-7-9(12(20)21)3-4-10(11)18-13(19)14(15,16)17/h3-4,7-8H,5-6H2,1-2H3,(H,20,21). The zero-order chi connectivity index (χ0) is 15.8. The second-order valence-electron chi connectivity index (χ2n) is 5.28. The van der Waals surface area contributed by atoms with Crippen LogP contribution in [-0.4, -0.2) is 20.6 Å². The van der Waals surface area contributed by atoms with Gasteiger partial charge in [0.25, 0.3) is 0 Å². The molecule has 4 nitrogen and oxygen atoms in total. The molecule has 0 atom stereocenters. The highest BCUT2D eigenvalue weighted by atomic mass is 19.4. The highest BCUT2D eigenvalue weighted by Gasteiger charge is 2.37. The number of carboxylic acids is 1. The second-order valence-corrected chi connectivity index (χ2v) is 5.28. The van der Waals surface area contributed by atoms with E-state index in [-0.39, 0.29) is 29.1 Å². The number of halogens is 3. The quantitative estimate of drug-likeness (QED) is 0.934. The lowest BCUT2D eigenvalue weighted by atomic mass is 10.1. The van der Waals surface area contributed by atoms with Crippen LogP contribution in [0.15, 0.2) is 18.2 Å². The third-order valence-corrected chi connectivity index (χ3v) is 3.18. The molecule has 0 bridgehead atoms. The third-order valence-electron chi connectivity index (χ3n) is 3.18. The van der Waals surface area contributed by atoms with Crippen LogP contribution >= 0.6 is 0 Å². The van der Waals surface area contributed by atoms with Crippen molar-refractivity contribution in [2.75, 3.05) is 0 Å². The number of aromatic nitrogens is 2. The lowest BCUT2D eigenvalue weighted by Gasteiger charge is -2.12. The molecule has 2 aromatic rings. The summed E-state index contributed by atoms with van der Waals surface area (Å²) in [6.07, 6.45) is -4.02. The van der Waals surface area contributed by atoms with Crippen molar-refractivity contribution in [2.45, 2.75) is 33.0 Å². The molecule has 7 heteroatoms. The number of aromatic carboxylic acids is 1. The van der Waals surface area contributed by atoms with Crippen molar-refractivity contribution in [2.24, 2.45) is 5.92 Å². The summed E-state index contributed by atoms with van der Waals surface area (Å²) < 4.78 is 40.3. The molecule has 1 aromatic heterocycles. The second kappa shape index (κ2) is 5.38. The predicted molar refractivity (Wildman–Crippen MR) is 71.1 cm³/mol. The van der Waals surface area contributed by atoms with Crippen molar-refractivity contribution in [1.82, 2.24) is 9.55 Å². The molecule has 114 valence electrons. The number of carbonyl (C=O) groups is 1. The molecule has 1 heterocycles. The van der Waals surface area contributed by atoms with Crippen molar-refractivity contribution >= 4 is 17.0 Å². The molecule has 0 aliphatic carbocycles. The number of benzene rings is 1. The lowest BCUT2D eigenvalue weighted by Crippen LogP contribution is -2.16. The number of alkyl halides is 3. The molecule has 2 rings (SSSR count). The summed E-state index contributed by atoms with van der Waals surface area (Å²) in [5, 5.41) is 8.97. The molecular weight excluding hydrogens is 285 g/mol. The van der Waals surface area contributed by atoms with Gasteiger partial charge < -0.3 is 9.67 Å². The number of nitrogens with zero attached hydrogens (tertiary/aromatic N) is 2. The fourth-order valence-corrected chi connectivity index (χ4v) is 2.09. The van der Waals surface area contributed by atoms with Crippen LogP contribution in [0, 0.1) is 5.92 Å². The zero-order valence-electron chi connectivity index (χ0n) is 11.6. The Kier molecular flexibility index (Phi) is 3.93. The van der Waals surface area contributed by atoms with E-state index in [4.69, 9.17) is 5.11 Å². The first kappa shape index (κ1) is 15.3. The van der Waals surface area contributed by atoms with Crippen LogP contribution in [0.4, 0.5) is 13.2 Å². The Bertz CT molecular complexity index is 675. The Balaban J connectivity index is 2.61. The molecule has 0 fully saturated rings. The Hall–Kier alpha value is -2.05. The Morgan fingerprint density at radius 2 is 2.05 bits per heavy atom. The Labute approximate surface area is 119 Å². The summed E-state index contributed by atoms with van der Waals surface area (Å²) in [6.45, 7) is 3.97. The van der Waals surface area contributed by atoms with Gasteiger partial charge in [-0.15, -0.1) is 0 Å². The molecular formula is C14H15F3N2O2. The summed E-state index contributed by atoms with van der Waals surface area (Å²) in [5.41, 5.74) is 0.292. The molecule has 21 heavy (non-hydrogen) atoms. The molecule has 0 saturated heterocycles. The summed E-state index contributed by atoms with van der Waals surface area (Å²) in [6, 6.07) is 3.80. The van der Waals surface area contributed by atoms with Crippen LogP contribution in [0.1, 0.15) is 36.5 Å². The number of aryl methyl sites for hydroxylation is 1. The molecule has 0 saturated carbocycles. The fourth-order valence-electron chi connectivity index (χ4n) is 2.09. The van der Waals surface area contributed by atoms with Crippen LogP contribution in [0.25, 0.3) is 11.0 Å². The molecule has 0 spiro atoms. The number of hydrogen-bond acceptors (Lipinski definition) is 2. The van der Waals surface area contributed by atoms with E-state index < -0.39 is 18.0 Å². The van der Waals surface area contributed by atoms with Crippen LogP contribution in [0.2, 0.25) is 0 Å². The smallest absolute Gasteiger partial charge is 0.449 e. The van der Waals surface area contributed by atoms with Gasteiger partial charge in [-0.2, -0.15) is 13.2 Å². The van der Waals surface area contributed by atoms with Gasteiger partial charge in [-0.1, -0.05) is 13.8 Å². The maximum Gasteiger partial charge on any atom is 0.449 e. The Morgan fingerprint density at radius 1 is 1.38 bits per heavy atom. The van der Waals surface area contributed by atoms with E-state index in [1.165, 1.54) is 18.2 Å². The number of carboxylic acid groups (broad SMARTS) is 1. The van der Waals surface area contributed by atoms with E-state index in [0.29, 0.717) is 6.42 Å². The first-order valence-electron chi connectivity index (χ1n) is 6.51. The van der Waals surface area contributed by atoms with E-state index in [0.717, 1.165) is 4.57 Å². The van der Waals surface area contributed by atoms with Gasteiger partial charge in [-0.05, 0) is 30.5 Å². The van der Waals surface area contributed by atoms with Gasteiger partial charge in [0.05, 0.1) is 16.6 Å². The van der Waals surface area contributed by atoms with Crippen molar-refractivity contribution in [3.63, 3.8) is 0 Å². The number of rotatable bonds is 4. The van der Waals surface area contributed by atoms with E-state index >= 15 is 0 Å². The van der Waals surface area contributed by atoms with Crippen LogP contribution in [-0.2, 0) is 12.7 Å². The molecule has 0 aliphatic rings. The van der Waals surface area contributed by atoms with Gasteiger partial charge in [0.15, 0.2) is 0 Å². The van der Waals surface area contributed by atoms with Crippen molar-refractivity contribution in [1.29, 1.82) is 0 Å². The molecule has 0 amide bonds. The van der Waals surface area contributed by atoms with Gasteiger partial charge in [0, 0.05) is 6.54 Å². The minimum Gasteiger partial charge on any atom is -0.478 e. The fraction of sp³-hybridized carbons (Fsp3) is 0.429. The lowest BCUT2D eigenvalue weighted by molar-refractivity contribution is -0.147. The SMILES string of the molecule is CC(C)CCn1c(C(F)(F)F)nc2ccc(C(=O)O)cc21. The predicted octanol–water partition coefficient (Wildman–Crippen LogP) is 3.80. The summed E-state index contributed by atoms with van der Waals surface area (Å²) in [4.78, 5) is 14.6. The average molecular weight is 300 g/mol. The van der Waals surface area contributed by atoms with Gasteiger partial charge in [-0.3, -0.25) is 0 Å². The summed E-state index contributed by atoms with van der Waals surface area (Å²) in [7, 11) is 0. The number of fused-ring (bicyclic) bond motifs is 1. The van der Waals surface area contributed by atoms with Crippen LogP contribution < -0.4 is 0 Å². The van der Waals surface area contributed by atoms with Crippen molar-refractivity contribution in [3.8, 4) is 0 Å². The minimum absolute atomic E-state index is 0.0538. The largest absolute Gasteiger partial charge is 0.478 e. The third kappa shape index (κ3) is 3.17. The van der Waals surface area contributed by atoms with Crippen molar-refractivity contribution < 1.29 is 23.1 Å². The minimum atomic E-state index is -4.57. The average Bonchev–Trinajstić information content (AvgIpc) is 2.73. The summed E-state index contributed by atoms with van der Waals surface area (Å²) >= 11 is 0. The monoisotopic (exact) mass is 300 g/mol. The topological polar surface area (TPSA) is 55.1 Å². The molecule has 0 aliphatic heterocycles. The number of hydrogen-bond donors (Lipinski definition) is 1. The molecule has 0 radical (unpaired) electrons. The normalized spacial score (nSPS) is 12.3. The van der Waals surface area contributed by atoms with Gasteiger partial charge in [0.2, 0.25) is 5.82 Å². The van der Waals surface area contributed by atoms with E-state index in [1.807, 2.05) is 13.8 Å². The maximum atomic E-state index is 13.1. The first-order valence-corrected chi connectivity index (χ1v) is 6.51. The van der Waals surface area contributed by atoms with E-state index in [1.54, 1.807) is 0 Å². The van der Waals surface area contributed by atoms with Crippen LogP contribution in [0.5, 0.6) is 0 Å². The van der Waals surface area contributed by atoms with Crippen molar-refractivity contribution in [3.05, 3.63) is 29.6 Å². The van der Waals surface area contributed by atoms with E-state index in [9.17, 15) is 18.0 Å². The van der Waals surface area contributed by atoms with Crippen LogP contribution in [0.3, 0.4) is 0 Å². The first-order chi connectivity index (χ1) is 9.70.